The molecule has 0 N–H and O–H groups in total. The van der Waals surface area contributed by atoms with Gasteiger partial charge in [-0.1, -0.05) is 54.1 Å². The molecule has 0 fully saturated rings. The SMILES string of the molecule is Cc1cc(C)c(-c2ccc(-c3ccccc3)nc2)c(C)c1. The molecule has 0 spiro atoms. The smallest absolute Gasteiger partial charge is 0.0702 e. The van der Waals surface area contributed by atoms with Crippen LogP contribution in [0, 0.1) is 20.8 Å². The minimum Gasteiger partial charge on any atom is -0.256 e. The Bertz CT molecular complexity index is 733. The number of rotatable bonds is 2. The molecule has 0 aliphatic rings. The summed E-state index contributed by atoms with van der Waals surface area (Å²) in [6, 6.07) is 19.0. The first-order valence-corrected chi connectivity index (χ1v) is 7.25. The molecule has 0 amide bonds. The number of pyridine rings is 1. The fraction of sp³-hybridized carbons (Fsp3) is 0.150. The number of aryl methyl sites for hydroxylation is 3. The summed E-state index contributed by atoms with van der Waals surface area (Å²) < 4.78 is 0. The van der Waals surface area contributed by atoms with E-state index < -0.39 is 0 Å². The Kier molecular flexibility index (Phi) is 3.57. The molecule has 0 radical (unpaired) electrons. The normalized spacial score (nSPS) is 10.6. The van der Waals surface area contributed by atoms with Gasteiger partial charge in [0, 0.05) is 17.3 Å². The molecule has 2 aromatic carbocycles. The van der Waals surface area contributed by atoms with Gasteiger partial charge >= 0.3 is 0 Å². The van der Waals surface area contributed by atoms with Gasteiger partial charge in [-0.15, -0.1) is 0 Å². The first-order chi connectivity index (χ1) is 10.1. The van der Waals surface area contributed by atoms with E-state index in [1.807, 2.05) is 24.4 Å². The monoisotopic (exact) mass is 273 g/mol. The van der Waals surface area contributed by atoms with E-state index in [2.05, 4.69) is 62.2 Å². The number of hydrogen-bond donors (Lipinski definition) is 0. The van der Waals surface area contributed by atoms with E-state index >= 15 is 0 Å². The molecule has 21 heavy (non-hydrogen) atoms. The molecule has 0 aliphatic heterocycles. The van der Waals surface area contributed by atoms with Gasteiger partial charge in [0.1, 0.15) is 0 Å². The summed E-state index contributed by atoms with van der Waals surface area (Å²) in [7, 11) is 0. The van der Waals surface area contributed by atoms with Gasteiger partial charge in [0.25, 0.3) is 0 Å². The van der Waals surface area contributed by atoms with Crippen molar-refractivity contribution in [2.75, 3.05) is 0 Å². The highest BCUT2D eigenvalue weighted by molar-refractivity contribution is 5.72. The van der Waals surface area contributed by atoms with Gasteiger partial charge in [0.2, 0.25) is 0 Å². The summed E-state index contributed by atoms with van der Waals surface area (Å²) in [5.41, 5.74) is 8.58. The minimum atomic E-state index is 1.02. The first kappa shape index (κ1) is 13.6. The topological polar surface area (TPSA) is 12.9 Å². The lowest BCUT2D eigenvalue weighted by Gasteiger charge is -2.12. The highest BCUT2D eigenvalue weighted by atomic mass is 14.7. The molecule has 0 saturated carbocycles. The number of nitrogens with zero attached hydrogens (tertiary/aromatic N) is 1. The Balaban J connectivity index is 2.03. The van der Waals surface area contributed by atoms with Gasteiger partial charge in [-0.3, -0.25) is 4.98 Å². The van der Waals surface area contributed by atoms with Crippen LogP contribution in [0.2, 0.25) is 0 Å². The maximum Gasteiger partial charge on any atom is 0.0702 e. The van der Waals surface area contributed by atoms with Crippen molar-refractivity contribution < 1.29 is 0 Å². The van der Waals surface area contributed by atoms with E-state index in [1.165, 1.54) is 27.8 Å². The lowest BCUT2D eigenvalue weighted by molar-refractivity contribution is 1.28. The van der Waals surface area contributed by atoms with Crippen LogP contribution in [0.3, 0.4) is 0 Å². The summed E-state index contributed by atoms with van der Waals surface area (Å²) in [5, 5.41) is 0. The molecule has 0 unspecified atom stereocenters. The molecule has 1 heterocycles. The molecule has 3 rings (SSSR count). The third-order valence-electron chi connectivity index (χ3n) is 3.80. The maximum absolute atomic E-state index is 4.63. The Labute approximate surface area is 126 Å². The molecule has 0 aliphatic carbocycles. The van der Waals surface area contributed by atoms with Crippen LogP contribution in [0.4, 0.5) is 0 Å². The van der Waals surface area contributed by atoms with E-state index in [-0.39, 0.29) is 0 Å². The first-order valence-electron chi connectivity index (χ1n) is 7.25. The van der Waals surface area contributed by atoms with Crippen LogP contribution >= 0.6 is 0 Å². The Hall–Kier alpha value is -2.41. The van der Waals surface area contributed by atoms with Crippen LogP contribution in [-0.4, -0.2) is 4.98 Å². The van der Waals surface area contributed by atoms with Crippen molar-refractivity contribution in [1.82, 2.24) is 4.98 Å². The van der Waals surface area contributed by atoms with Crippen molar-refractivity contribution >= 4 is 0 Å². The van der Waals surface area contributed by atoms with Crippen LogP contribution in [-0.2, 0) is 0 Å². The predicted octanol–water partition coefficient (Wildman–Crippen LogP) is 5.34. The molecule has 3 aromatic rings. The van der Waals surface area contributed by atoms with Crippen LogP contribution in [0.15, 0.2) is 60.8 Å². The van der Waals surface area contributed by atoms with Crippen LogP contribution in [0.1, 0.15) is 16.7 Å². The molecule has 1 heteroatoms. The number of aromatic nitrogens is 1. The van der Waals surface area contributed by atoms with Gasteiger partial charge in [0.15, 0.2) is 0 Å². The second-order valence-electron chi connectivity index (χ2n) is 5.57. The average molecular weight is 273 g/mol. The van der Waals surface area contributed by atoms with Crippen LogP contribution < -0.4 is 0 Å². The number of benzene rings is 2. The third-order valence-corrected chi connectivity index (χ3v) is 3.80. The molecule has 104 valence electrons. The third kappa shape index (κ3) is 2.73. The van der Waals surface area contributed by atoms with Crippen LogP contribution in [0.25, 0.3) is 22.4 Å². The molecule has 0 saturated heterocycles. The van der Waals surface area contributed by atoms with Crippen molar-refractivity contribution in [1.29, 1.82) is 0 Å². The highest BCUT2D eigenvalue weighted by Crippen LogP contribution is 2.29. The quantitative estimate of drug-likeness (QED) is 0.614. The largest absolute Gasteiger partial charge is 0.256 e. The zero-order chi connectivity index (χ0) is 14.8. The van der Waals surface area contributed by atoms with Crippen molar-refractivity contribution in [3.05, 3.63) is 77.5 Å². The summed E-state index contributed by atoms with van der Waals surface area (Å²) >= 11 is 0. The standard InChI is InChI=1S/C20H19N/c1-14-11-15(2)20(16(3)12-14)18-9-10-19(21-13-18)17-7-5-4-6-8-17/h4-13H,1-3H3. The van der Waals surface area contributed by atoms with Crippen molar-refractivity contribution in [3.63, 3.8) is 0 Å². The van der Waals surface area contributed by atoms with E-state index in [0.717, 1.165) is 11.3 Å². The summed E-state index contributed by atoms with van der Waals surface area (Å²) in [5.74, 6) is 0. The fourth-order valence-corrected chi connectivity index (χ4v) is 2.96. The maximum atomic E-state index is 4.63. The van der Waals surface area contributed by atoms with E-state index in [1.54, 1.807) is 0 Å². The molecule has 1 aromatic heterocycles. The highest BCUT2D eigenvalue weighted by Gasteiger charge is 2.07. The van der Waals surface area contributed by atoms with Gasteiger partial charge < -0.3 is 0 Å². The zero-order valence-electron chi connectivity index (χ0n) is 12.7. The summed E-state index contributed by atoms with van der Waals surface area (Å²) in [4.78, 5) is 4.63. The van der Waals surface area contributed by atoms with Crippen LogP contribution in [0.5, 0.6) is 0 Å². The van der Waals surface area contributed by atoms with Crippen molar-refractivity contribution in [2.45, 2.75) is 20.8 Å². The zero-order valence-corrected chi connectivity index (χ0v) is 12.7. The Morgan fingerprint density at radius 1 is 0.714 bits per heavy atom. The number of hydrogen-bond acceptors (Lipinski definition) is 1. The van der Waals surface area contributed by atoms with Gasteiger partial charge in [-0.25, -0.2) is 0 Å². The van der Waals surface area contributed by atoms with Gasteiger partial charge in [-0.05, 0) is 43.5 Å². The van der Waals surface area contributed by atoms with Crippen molar-refractivity contribution in [3.8, 4) is 22.4 Å². The van der Waals surface area contributed by atoms with Gasteiger partial charge in [0.05, 0.1) is 5.69 Å². The average Bonchev–Trinajstić information content (AvgIpc) is 2.48. The van der Waals surface area contributed by atoms with E-state index in [4.69, 9.17) is 0 Å². The second kappa shape index (κ2) is 5.53. The minimum absolute atomic E-state index is 1.02. The Morgan fingerprint density at radius 2 is 1.38 bits per heavy atom. The molecule has 0 atom stereocenters. The molecular weight excluding hydrogens is 254 g/mol. The van der Waals surface area contributed by atoms with Gasteiger partial charge in [-0.2, -0.15) is 0 Å². The summed E-state index contributed by atoms with van der Waals surface area (Å²) in [6.07, 6.45) is 1.98. The Morgan fingerprint density at radius 3 is 1.95 bits per heavy atom. The second-order valence-corrected chi connectivity index (χ2v) is 5.57. The van der Waals surface area contributed by atoms with Crippen molar-refractivity contribution in [2.24, 2.45) is 0 Å². The lowest BCUT2D eigenvalue weighted by atomic mass is 9.94. The van der Waals surface area contributed by atoms with E-state index in [9.17, 15) is 0 Å². The predicted molar refractivity (Wildman–Crippen MR) is 89.3 cm³/mol. The fourth-order valence-electron chi connectivity index (χ4n) is 2.96. The van der Waals surface area contributed by atoms with E-state index in [0.29, 0.717) is 0 Å². The molecule has 1 nitrogen and oxygen atoms in total. The summed E-state index contributed by atoms with van der Waals surface area (Å²) in [6.45, 7) is 6.47. The lowest BCUT2D eigenvalue weighted by Crippen LogP contribution is -1.91. The molecular formula is C20H19N. The molecule has 0 bridgehead atoms.